The van der Waals surface area contributed by atoms with E-state index in [0.717, 1.165) is 11.5 Å². The molecule has 0 saturated carbocycles. The Hall–Kier alpha value is -4.12. The highest BCUT2D eigenvalue weighted by atomic mass is 35.5. The fourth-order valence-corrected chi connectivity index (χ4v) is 4.79. The molecule has 0 aliphatic heterocycles. The maximum atomic E-state index is 14.7. The second-order valence-corrected chi connectivity index (χ2v) is 9.52. The third kappa shape index (κ3) is 4.65. The quantitative estimate of drug-likeness (QED) is 0.293. The molecule has 3 aromatic heterocycles. The van der Waals surface area contributed by atoms with Crippen molar-refractivity contribution in [1.82, 2.24) is 29.1 Å². The van der Waals surface area contributed by atoms with Gasteiger partial charge in [-0.05, 0) is 25.1 Å². The summed E-state index contributed by atoms with van der Waals surface area (Å²) in [5.41, 5.74) is 1.80. The van der Waals surface area contributed by atoms with Crippen LogP contribution in [-0.2, 0) is 27.1 Å². The summed E-state index contributed by atoms with van der Waals surface area (Å²) in [7, 11) is 5.23. The minimum absolute atomic E-state index is 0.0824. The van der Waals surface area contributed by atoms with Crippen LogP contribution in [0.15, 0.2) is 47.7 Å². The van der Waals surface area contributed by atoms with E-state index >= 15 is 0 Å². The molecule has 3 heterocycles. The molecule has 5 aromatic rings. The van der Waals surface area contributed by atoms with Crippen LogP contribution in [0.5, 0.6) is 0 Å². The largest absolute Gasteiger partial charge is 0.329 e. The molecule has 0 atom stereocenters. The number of aryl methyl sites for hydroxylation is 2. The molecule has 12 heteroatoms. The lowest BCUT2D eigenvalue weighted by molar-refractivity contribution is 0.487. The van der Waals surface area contributed by atoms with Crippen LogP contribution >= 0.6 is 11.6 Å². The van der Waals surface area contributed by atoms with Gasteiger partial charge in [0.1, 0.15) is 18.0 Å². The van der Waals surface area contributed by atoms with Gasteiger partial charge in [0, 0.05) is 68.1 Å². The van der Waals surface area contributed by atoms with E-state index in [-0.39, 0.29) is 24.0 Å². The molecule has 5 rings (SSSR count). The van der Waals surface area contributed by atoms with Gasteiger partial charge < -0.3 is 9.47 Å². The Morgan fingerprint density at radius 2 is 1.71 bits per heavy atom. The molecule has 0 aliphatic carbocycles. The summed E-state index contributed by atoms with van der Waals surface area (Å²) in [4.78, 5) is 19.3. The molecule has 8 nitrogen and oxygen atoms in total. The topological polar surface area (TPSA) is 73.8 Å². The van der Waals surface area contributed by atoms with Crippen molar-refractivity contribution in [1.29, 1.82) is 0 Å². The van der Waals surface area contributed by atoms with Crippen molar-refractivity contribution >= 4 is 34.0 Å². The maximum Gasteiger partial charge on any atom is 0.187 e. The standard InChI is InChI=1S/C26H23ClF3N7O/c1-14-17(7-25-31-13-35(3)33-25)24(38)10-26(37(14)12-15-5-20(29)21(30)9-19(15)28)36(4)23-6-16-11-34(2)32-22(16)8-18(23)27/h5-6,8-11,13H,7,12H2,1-4H3. The Labute approximate surface area is 220 Å². The predicted molar refractivity (Wildman–Crippen MR) is 138 cm³/mol. The normalized spacial score (nSPS) is 11.5. The van der Waals surface area contributed by atoms with Crippen LogP contribution in [0.3, 0.4) is 0 Å². The van der Waals surface area contributed by atoms with Crippen LogP contribution in [0.1, 0.15) is 22.6 Å². The van der Waals surface area contributed by atoms with Gasteiger partial charge in [-0.15, -0.1) is 0 Å². The summed E-state index contributed by atoms with van der Waals surface area (Å²) in [6.07, 6.45) is 3.50. The minimum atomic E-state index is -1.28. The molecule has 2 aromatic carbocycles. The summed E-state index contributed by atoms with van der Waals surface area (Å²) in [5, 5.41) is 9.83. The van der Waals surface area contributed by atoms with E-state index in [0.29, 0.717) is 45.2 Å². The Bertz CT molecular complexity index is 1760. The molecule has 0 saturated heterocycles. The monoisotopic (exact) mass is 541 g/mol. The Morgan fingerprint density at radius 1 is 0.974 bits per heavy atom. The van der Waals surface area contributed by atoms with Crippen molar-refractivity contribution < 1.29 is 13.2 Å². The Balaban J connectivity index is 1.68. The fourth-order valence-electron chi connectivity index (χ4n) is 4.50. The molecular formula is C26H23ClF3N7O. The fraction of sp³-hybridized carbons (Fsp3) is 0.231. The number of rotatable bonds is 6. The third-order valence-corrected chi connectivity index (χ3v) is 6.77. The lowest BCUT2D eigenvalue weighted by Gasteiger charge is -2.27. The van der Waals surface area contributed by atoms with E-state index in [4.69, 9.17) is 11.6 Å². The number of halogens is 4. The summed E-state index contributed by atoms with van der Waals surface area (Å²) in [5.74, 6) is -2.54. The smallest absolute Gasteiger partial charge is 0.187 e. The highest BCUT2D eigenvalue weighted by molar-refractivity contribution is 6.34. The van der Waals surface area contributed by atoms with E-state index in [1.165, 1.54) is 17.1 Å². The zero-order chi connectivity index (χ0) is 27.3. The molecule has 38 heavy (non-hydrogen) atoms. The van der Waals surface area contributed by atoms with Gasteiger partial charge in [0.05, 0.1) is 22.8 Å². The molecule has 0 unspecified atom stereocenters. The zero-order valence-electron chi connectivity index (χ0n) is 21.0. The summed E-state index contributed by atoms with van der Waals surface area (Å²) in [6, 6.07) is 6.29. The number of aromatic nitrogens is 6. The first-order valence-corrected chi connectivity index (χ1v) is 12.0. The van der Waals surface area contributed by atoms with Crippen molar-refractivity contribution in [2.75, 3.05) is 11.9 Å². The second-order valence-electron chi connectivity index (χ2n) is 9.11. The van der Waals surface area contributed by atoms with Gasteiger partial charge in [-0.2, -0.15) is 10.2 Å². The van der Waals surface area contributed by atoms with Crippen molar-refractivity contribution in [2.45, 2.75) is 19.9 Å². The third-order valence-electron chi connectivity index (χ3n) is 6.47. The number of fused-ring (bicyclic) bond motifs is 1. The van der Waals surface area contributed by atoms with Crippen LogP contribution in [-0.4, -0.2) is 36.2 Å². The van der Waals surface area contributed by atoms with E-state index in [1.54, 1.807) is 48.3 Å². The summed E-state index contributed by atoms with van der Waals surface area (Å²) in [6.45, 7) is 1.53. The maximum absolute atomic E-state index is 14.7. The number of benzene rings is 2. The number of hydrogen-bond donors (Lipinski definition) is 0. The van der Waals surface area contributed by atoms with Gasteiger partial charge in [0.2, 0.25) is 0 Å². The first-order chi connectivity index (χ1) is 18.0. The average molecular weight is 542 g/mol. The Kier molecular flexibility index (Phi) is 6.47. The lowest BCUT2D eigenvalue weighted by atomic mass is 10.1. The van der Waals surface area contributed by atoms with Crippen LogP contribution in [0.2, 0.25) is 5.02 Å². The van der Waals surface area contributed by atoms with Gasteiger partial charge in [0.15, 0.2) is 22.9 Å². The van der Waals surface area contributed by atoms with Gasteiger partial charge in [0.25, 0.3) is 0 Å². The van der Waals surface area contributed by atoms with Crippen molar-refractivity contribution in [3.63, 3.8) is 0 Å². The molecule has 0 radical (unpaired) electrons. The van der Waals surface area contributed by atoms with Gasteiger partial charge in [-0.25, -0.2) is 18.2 Å². The predicted octanol–water partition coefficient (Wildman–Crippen LogP) is 4.65. The molecule has 0 spiro atoms. The second kappa shape index (κ2) is 9.64. The zero-order valence-corrected chi connectivity index (χ0v) is 21.8. The highest BCUT2D eigenvalue weighted by Gasteiger charge is 2.21. The molecular weight excluding hydrogens is 519 g/mol. The first-order valence-electron chi connectivity index (χ1n) is 11.6. The number of nitrogens with zero attached hydrogens (tertiary/aromatic N) is 7. The average Bonchev–Trinajstić information content (AvgIpc) is 3.43. The van der Waals surface area contributed by atoms with E-state index in [1.807, 2.05) is 12.3 Å². The molecule has 0 fully saturated rings. The van der Waals surface area contributed by atoms with Crippen molar-refractivity contribution in [3.8, 4) is 0 Å². The van der Waals surface area contributed by atoms with Gasteiger partial charge in [-0.1, -0.05) is 11.6 Å². The van der Waals surface area contributed by atoms with Gasteiger partial charge >= 0.3 is 0 Å². The van der Waals surface area contributed by atoms with Crippen LogP contribution in [0.4, 0.5) is 24.7 Å². The molecule has 0 amide bonds. The van der Waals surface area contributed by atoms with Crippen LogP contribution in [0.25, 0.3) is 10.9 Å². The van der Waals surface area contributed by atoms with Crippen molar-refractivity contribution in [2.24, 2.45) is 14.1 Å². The molecule has 0 bridgehead atoms. The van der Waals surface area contributed by atoms with Gasteiger partial charge in [-0.3, -0.25) is 14.2 Å². The summed E-state index contributed by atoms with van der Waals surface area (Å²) < 4.78 is 47.3. The molecule has 0 aliphatic rings. The van der Waals surface area contributed by atoms with Crippen molar-refractivity contribution in [3.05, 3.63) is 98.2 Å². The first kappa shape index (κ1) is 25.5. The number of hydrogen-bond acceptors (Lipinski definition) is 5. The molecule has 196 valence electrons. The molecule has 0 N–H and O–H groups in total. The van der Waals surface area contributed by atoms with Crippen LogP contribution in [0, 0.1) is 24.4 Å². The van der Waals surface area contributed by atoms with Crippen LogP contribution < -0.4 is 10.3 Å². The highest BCUT2D eigenvalue weighted by Crippen LogP contribution is 2.35. The van der Waals surface area contributed by atoms with E-state index in [9.17, 15) is 18.0 Å². The Morgan fingerprint density at radius 3 is 2.42 bits per heavy atom. The van der Waals surface area contributed by atoms with E-state index < -0.39 is 17.5 Å². The summed E-state index contributed by atoms with van der Waals surface area (Å²) >= 11 is 6.61. The number of anilines is 2. The lowest BCUT2D eigenvalue weighted by Crippen LogP contribution is -2.26. The number of pyridine rings is 1. The minimum Gasteiger partial charge on any atom is -0.329 e. The SMILES string of the molecule is Cc1c(Cc2ncn(C)n2)c(=O)cc(N(C)c2cc3cn(C)nc3cc2Cl)n1Cc1cc(F)c(F)cc1F. The van der Waals surface area contributed by atoms with E-state index in [2.05, 4.69) is 15.2 Å².